The molecule has 2 amide bonds. The van der Waals surface area contributed by atoms with Crippen LogP contribution in [0, 0.1) is 0 Å². The largest absolute Gasteiger partial charge is 0.481 e. The molecule has 2 rings (SSSR count). The summed E-state index contributed by atoms with van der Waals surface area (Å²) in [7, 11) is 0. The summed E-state index contributed by atoms with van der Waals surface area (Å²) in [4.78, 5) is 24.5. The van der Waals surface area contributed by atoms with Crippen LogP contribution in [0.4, 0.5) is 4.79 Å². The van der Waals surface area contributed by atoms with E-state index in [0.29, 0.717) is 32.5 Å². The van der Waals surface area contributed by atoms with Crippen molar-refractivity contribution in [3.05, 3.63) is 0 Å². The molecule has 1 aliphatic heterocycles. The Morgan fingerprint density at radius 3 is 2.85 bits per heavy atom. The maximum atomic E-state index is 12.2. The van der Waals surface area contributed by atoms with Gasteiger partial charge in [-0.2, -0.15) is 0 Å². The number of ether oxygens (including phenoxy) is 1. The quantitative estimate of drug-likeness (QED) is 0.752. The molecule has 0 aromatic heterocycles. The number of rotatable bonds is 5. The number of fused-ring (bicyclic) bond motifs is 1. The molecule has 6 heteroatoms. The smallest absolute Gasteiger partial charge is 0.317 e. The molecule has 0 spiro atoms. The number of unbranched alkanes of at least 4 members (excludes halogenated alkanes) is 1. The molecule has 0 aromatic rings. The zero-order valence-electron chi connectivity index (χ0n) is 11.8. The van der Waals surface area contributed by atoms with Crippen molar-refractivity contribution in [3.63, 3.8) is 0 Å². The SMILES string of the molecule is O=C(O)CCCCNC(=O)N1CCOC2CCCCC21. The Morgan fingerprint density at radius 1 is 1.25 bits per heavy atom. The number of aliphatic carboxylic acids is 1. The molecule has 2 unspecified atom stereocenters. The van der Waals surface area contributed by atoms with Gasteiger partial charge in [-0.3, -0.25) is 4.79 Å². The van der Waals surface area contributed by atoms with Crippen molar-refractivity contribution in [3.8, 4) is 0 Å². The van der Waals surface area contributed by atoms with E-state index < -0.39 is 5.97 Å². The number of morpholine rings is 1. The molecule has 0 bridgehead atoms. The van der Waals surface area contributed by atoms with Gasteiger partial charge in [-0.25, -0.2) is 4.79 Å². The fourth-order valence-electron chi connectivity index (χ4n) is 3.05. The lowest BCUT2D eigenvalue weighted by molar-refractivity contribution is -0.137. The molecule has 2 atom stereocenters. The normalized spacial score (nSPS) is 25.9. The van der Waals surface area contributed by atoms with Crippen LogP contribution in [0.25, 0.3) is 0 Å². The number of hydrogen-bond acceptors (Lipinski definition) is 3. The highest BCUT2D eigenvalue weighted by Crippen LogP contribution is 2.28. The molecular weight excluding hydrogens is 260 g/mol. The average Bonchev–Trinajstić information content (AvgIpc) is 2.45. The van der Waals surface area contributed by atoms with Crippen LogP contribution in [0.1, 0.15) is 44.9 Å². The molecule has 1 saturated heterocycles. The number of carbonyl (C=O) groups is 2. The van der Waals surface area contributed by atoms with E-state index in [4.69, 9.17) is 9.84 Å². The summed E-state index contributed by atoms with van der Waals surface area (Å²) in [6.45, 7) is 1.82. The van der Waals surface area contributed by atoms with E-state index in [1.807, 2.05) is 4.90 Å². The number of carboxylic acids is 1. The van der Waals surface area contributed by atoms with Crippen LogP contribution in [-0.4, -0.2) is 53.8 Å². The van der Waals surface area contributed by atoms with E-state index in [0.717, 1.165) is 19.3 Å². The summed E-state index contributed by atoms with van der Waals surface area (Å²) in [5.74, 6) is -0.783. The first-order valence-corrected chi connectivity index (χ1v) is 7.56. The Balaban J connectivity index is 1.72. The Morgan fingerprint density at radius 2 is 2.05 bits per heavy atom. The predicted molar refractivity (Wildman–Crippen MR) is 73.6 cm³/mol. The molecule has 2 N–H and O–H groups in total. The molecule has 1 aliphatic carbocycles. The number of hydrogen-bond donors (Lipinski definition) is 2. The molecule has 6 nitrogen and oxygen atoms in total. The van der Waals surface area contributed by atoms with Crippen molar-refractivity contribution in [2.24, 2.45) is 0 Å². The molecule has 0 radical (unpaired) electrons. The maximum absolute atomic E-state index is 12.2. The molecule has 0 aromatic carbocycles. The van der Waals surface area contributed by atoms with Gasteiger partial charge in [-0.05, 0) is 25.7 Å². The lowest BCUT2D eigenvalue weighted by Gasteiger charge is -2.43. The summed E-state index contributed by atoms with van der Waals surface area (Å²) in [6, 6.07) is 0.192. The number of carbonyl (C=O) groups excluding carboxylic acids is 1. The first-order valence-electron chi connectivity index (χ1n) is 7.56. The minimum atomic E-state index is -0.783. The van der Waals surface area contributed by atoms with Gasteiger partial charge in [0.05, 0.1) is 18.8 Å². The highest BCUT2D eigenvalue weighted by Gasteiger charge is 2.36. The Hall–Kier alpha value is -1.30. The number of urea groups is 1. The van der Waals surface area contributed by atoms with Gasteiger partial charge in [0.15, 0.2) is 0 Å². The van der Waals surface area contributed by atoms with Crippen molar-refractivity contribution >= 4 is 12.0 Å². The summed E-state index contributed by atoms with van der Waals surface area (Å²) < 4.78 is 5.74. The van der Waals surface area contributed by atoms with Crippen molar-refractivity contribution in [2.45, 2.75) is 57.1 Å². The Kier molecular flexibility index (Phi) is 5.64. The number of carboxylic acid groups (broad SMARTS) is 1. The number of nitrogens with one attached hydrogen (secondary N) is 1. The lowest BCUT2D eigenvalue weighted by Crippen LogP contribution is -2.57. The van der Waals surface area contributed by atoms with E-state index >= 15 is 0 Å². The maximum Gasteiger partial charge on any atom is 0.317 e. The van der Waals surface area contributed by atoms with Crippen LogP contribution >= 0.6 is 0 Å². The van der Waals surface area contributed by atoms with Gasteiger partial charge < -0.3 is 20.1 Å². The van der Waals surface area contributed by atoms with E-state index in [1.165, 1.54) is 6.42 Å². The van der Waals surface area contributed by atoms with Crippen LogP contribution < -0.4 is 5.32 Å². The van der Waals surface area contributed by atoms with Gasteiger partial charge in [0.25, 0.3) is 0 Å². The van der Waals surface area contributed by atoms with Crippen LogP contribution in [0.2, 0.25) is 0 Å². The van der Waals surface area contributed by atoms with Crippen LogP contribution in [0.3, 0.4) is 0 Å². The minimum Gasteiger partial charge on any atom is -0.481 e. The minimum absolute atomic E-state index is 0.0273. The lowest BCUT2D eigenvalue weighted by atomic mass is 9.90. The van der Waals surface area contributed by atoms with Gasteiger partial charge in [-0.15, -0.1) is 0 Å². The molecule has 20 heavy (non-hydrogen) atoms. The molecule has 1 saturated carbocycles. The molecule has 2 fully saturated rings. The number of amides is 2. The third-order valence-electron chi connectivity index (χ3n) is 4.09. The number of nitrogens with zero attached hydrogens (tertiary/aromatic N) is 1. The van der Waals surface area contributed by atoms with E-state index in [-0.39, 0.29) is 24.6 Å². The average molecular weight is 284 g/mol. The fourth-order valence-corrected chi connectivity index (χ4v) is 3.05. The second kappa shape index (κ2) is 7.47. The Labute approximate surface area is 119 Å². The van der Waals surface area contributed by atoms with Crippen molar-refractivity contribution in [2.75, 3.05) is 19.7 Å². The van der Waals surface area contributed by atoms with E-state index in [9.17, 15) is 9.59 Å². The highest BCUT2D eigenvalue weighted by atomic mass is 16.5. The predicted octanol–water partition coefficient (Wildman–Crippen LogP) is 1.59. The van der Waals surface area contributed by atoms with Gasteiger partial charge in [0, 0.05) is 19.5 Å². The molecular formula is C14H24N2O4. The molecule has 114 valence electrons. The monoisotopic (exact) mass is 284 g/mol. The fraction of sp³-hybridized carbons (Fsp3) is 0.857. The van der Waals surface area contributed by atoms with Crippen molar-refractivity contribution in [1.29, 1.82) is 0 Å². The summed E-state index contributed by atoms with van der Waals surface area (Å²) in [5.41, 5.74) is 0. The molecule has 1 heterocycles. The van der Waals surface area contributed by atoms with Gasteiger partial charge >= 0.3 is 12.0 Å². The third kappa shape index (κ3) is 4.10. The van der Waals surface area contributed by atoms with Gasteiger partial charge in [-0.1, -0.05) is 12.8 Å². The zero-order chi connectivity index (χ0) is 14.4. The topological polar surface area (TPSA) is 78.9 Å². The van der Waals surface area contributed by atoms with Crippen LogP contribution in [0.5, 0.6) is 0 Å². The zero-order valence-corrected chi connectivity index (χ0v) is 11.8. The summed E-state index contributed by atoms with van der Waals surface area (Å²) >= 11 is 0. The second-order valence-corrected chi connectivity index (χ2v) is 5.54. The van der Waals surface area contributed by atoms with Gasteiger partial charge in [0.2, 0.25) is 0 Å². The van der Waals surface area contributed by atoms with Crippen LogP contribution in [0.15, 0.2) is 0 Å². The molecule has 2 aliphatic rings. The van der Waals surface area contributed by atoms with Gasteiger partial charge in [0.1, 0.15) is 0 Å². The van der Waals surface area contributed by atoms with Crippen molar-refractivity contribution < 1.29 is 19.4 Å². The van der Waals surface area contributed by atoms with Crippen LogP contribution in [-0.2, 0) is 9.53 Å². The van der Waals surface area contributed by atoms with E-state index in [2.05, 4.69) is 5.32 Å². The standard InChI is InChI=1S/C14H24N2O4/c17-13(18)7-3-4-8-15-14(19)16-9-10-20-12-6-2-1-5-11(12)16/h11-12H,1-10H2,(H,15,19)(H,17,18). The Bertz CT molecular complexity index is 346. The summed E-state index contributed by atoms with van der Waals surface area (Å²) in [5, 5.41) is 11.4. The summed E-state index contributed by atoms with van der Waals surface area (Å²) in [6.07, 6.45) is 6.10. The highest BCUT2D eigenvalue weighted by molar-refractivity contribution is 5.74. The third-order valence-corrected chi connectivity index (χ3v) is 4.09. The van der Waals surface area contributed by atoms with Crippen molar-refractivity contribution in [1.82, 2.24) is 10.2 Å². The van der Waals surface area contributed by atoms with E-state index in [1.54, 1.807) is 0 Å². The second-order valence-electron chi connectivity index (χ2n) is 5.54. The first-order chi connectivity index (χ1) is 9.68. The first kappa shape index (κ1) is 15.1.